The summed E-state index contributed by atoms with van der Waals surface area (Å²) >= 11 is 0. The van der Waals surface area contributed by atoms with Crippen molar-refractivity contribution in [2.24, 2.45) is 0 Å². The van der Waals surface area contributed by atoms with Crippen LogP contribution in [0.15, 0.2) is 0 Å². The topological polar surface area (TPSA) is 38.8 Å². The number of hydroxylamine groups is 5. The normalized spacial score (nSPS) is 31.5. The fourth-order valence-corrected chi connectivity index (χ4v) is 1.05. The number of amides is 2. The summed E-state index contributed by atoms with van der Waals surface area (Å²) in [5.41, 5.74) is 0. The molecule has 1 unspecified atom stereocenters. The predicted molar refractivity (Wildman–Crippen MR) is 37.2 cm³/mol. The van der Waals surface area contributed by atoms with E-state index in [-0.39, 0.29) is 10.7 Å². The van der Waals surface area contributed by atoms with Crippen molar-refractivity contribution in [3.05, 3.63) is 0 Å². The van der Waals surface area contributed by atoms with E-state index in [4.69, 9.17) is 9.68 Å². The number of hydrogen-bond donors (Lipinski definition) is 0. The molecule has 1 fully saturated rings. The van der Waals surface area contributed by atoms with Crippen LogP contribution in [0.3, 0.4) is 0 Å². The van der Waals surface area contributed by atoms with Gasteiger partial charge in [0.1, 0.15) is 20.1 Å². The van der Waals surface area contributed by atoms with Crippen molar-refractivity contribution in [2.45, 2.75) is 0 Å². The number of urea groups is 1. The number of hydrogen-bond acceptors (Lipinski definition) is 3. The number of rotatable bonds is 2. The standard InChI is InChI=1S/C6H13N2O3/c1-8(11-3)5-4-7(10-2)6(8)9/h4-5H2,1-3H3/q+1. The molecule has 1 aliphatic rings. The van der Waals surface area contributed by atoms with Crippen LogP contribution in [0.1, 0.15) is 0 Å². The molecule has 0 aromatic carbocycles. The minimum absolute atomic E-state index is 0.0339. The first-order valence-electron chi connectivity index (χ1n) is 3.41. The van der Waals surface area contributed by atoms with Crippen molar-refractivity contribution in [1.29, 1.82) is 0 Å². The zero-order valence-corrected chi connectivity index (χ0v) is 7.03. The molecular formula is C6H13N2O3+. The molecule has 1 aliphatic heterocycles. The average molecular weight is 161 g/mol. The monoisotopic (exact) mass is 161 g/mol. The van der Waals surface area contributed by atoms with Crippen LogP contribution < -0.4 is 0 Å². The highest BCUT2D eigenvalue weighted by atomic mass is 16.8. The second-order valence-electron chi connectivity index (χ2n) is 2.57. The van der Waals surface area contributed by atoms with Crippen LogP contribution in [0.5, 0.6) is 0 Å². The first kappa shape index (κ1) is 8.45. The Morgan fingerprint density at radius 3 is 2.45 bits per heavy atom. The van der Waals surface area contributed by atoms with Gasteiger partial charge in [0.25, 0.3) is 0 Å². The van der Waals surface area contributed by atoms with Crippen molar-refractivity contribution in [2.75, 3.05) is 34.4 Å². The summed E-state index contributed by atoms with van der Waals surface area (Å²) in [4.78, 5) is 21.2. The smallest absolute Gasteiger partial charge is 0.269 e. The van der Waals surface area contributed by atoms with Crippen LogP contribution in [0.4, 0.5) is 4.79 Å². The summed E-state index contributed by atoms with van der Waals surface area (Å²) in [5, 5.41) is 1.30. The maximum atomic E-state index is 11.3. The van der Waals surface area contributed by atoms with Crippen LogP contribution in [-0.4, -0.2) is 50.1 Å². The van der Waals surface area contributed by atoms with Crippen molar-refractivity contribution in [3.8, 4) is 0 Å². The third kappa shape index (κ3) is 1.22. The Labute approximate surface area is 65.6 Å². The molecule has 1 rings (SSSR count). The zero-order chi connectivity index (χ0) is 8.48. The lowest BCUT2D eigenvalue weighted by Crippen LogP contribution is -2.46. The summed E-state index contributed by atoms with van der Waals surface area (Å²) in [5.74, 6) is 0. The van der Waals surface area contributed by atoms with E-state index in [2.05, 4.69) is 0 Å². The number of nitrogens with zero attached hydrogens (tertiary/aromatic N) is 2. The maximum absolute atomic E-state index is 11.3. The van der Waals surface area contributed by atoms with E-state index in [1.54, 1.807) is 7.05 Å². The lowest BCUT2D eigenvalue weighted by atomic mass is 10.6. The Morgan fingerprint density at radius 1 is 1.55 bits per heavy atom. The molecule has 0 bridgehead atoms. The van der Waals surface area contributed by atoms with E-state index < -0.39 is 0 Å². The number of quaternary nitrogens is 1. The average Bonchev–Trinajstić information content (AvgIpc) is 2.31. The summed E-state index contributed by atoms with van der Waals surface area (Å²) in [7, 11) is 4.70. The van der Waals surface area contributed by atoms with Crippen LogP contribution >= 0.6 is 0 Å². The molecule has 0 radical (unpaired) electrons. The molecule has 1 atom stereocenters. The maximum Gasteiger partial charge on any atom is 0.475 e. The van der Waals surface area contributed by atoms with E-state index >= 15 is 0 Å². The fraction of sp³-hybridized carbons (Fsp3) is 0.833. The zero-order valence-electron chi connectivity index (χ0n) is 7.03. The predicted octanol–water partition coefficient (Wildman–Crippen LogP) is -0.00860. The molecule has 0 N–H and O–H groups in total. The highest BCUT2D eigenvalue weighted by Gasteiger charge is 2.45. The third-order valence-electron chi connectivity index (χ3n) is 1.97. The van der Waals surface area contributed by atoms with Gasteiger partial charge >= 0.3 is 6.03 Å². The van der Waals surface area contributed by atoms with E-state index in [0.29, 0.717) is 13.1 Å². The van der Waals surface area contributed by atoms with Gasteiger partial charge < -0.3 is 0 Å². The molecule has 11 heavy (non-hydrogen) atoms. The van der Waals surface area contributed by atoms with Gasteiger partial charge in [0.15, 0.2) is 0 Å². The Bertz CT molecular complexity index is 173. The van der Waals surface area contributed by atoms with Gasteiger partial charge in [0, 0.05) is 0 Å². The molecule has 0 aromatic rings. The highest BCUT2D eigenvalue weighted by Crippen LogP contribution is 2.16. The highest BCUT2D eigenvalue weighted by molar-refractivity contribution is 5.66. The fourth-order valence-electron chi connectivity index (χ4n) is 1.05. The van der Waals surface area contributed by atoms with Gasteiger partial charge in [-0.1, -0.05) is 4.65 Å². The minimum Gasteiger partial charge on any atom is -0.269 e. The van der Waals surface area contributed by atoms with Crippen molar-refractivity contribution >= 4 is 6.03 Å². The molecule has 5 heteroatoms. The van der Waals surface area contributed by atoms with E-state index in [0.717, 1.165) is 0 Å². The number of likely N-dealkylation sites (N-methyl/N-ethyl adjacent to an activating group) is 1. The van der Waals surface area contributed by atoms with E-state index in [9.17, 15) is 4.79 Å². The second-order valence-corrected chi connectivity index (χ2v) is 2.57. The van der Waals surface area contributed by atoms with Crippen molar-refractivity contribution in [3.63, 3.8) is 0 Å². The molecule has 64 valence electrons. The quantitative estimate of drug-likeness (QED) is 0.535. The van der Waals surface area contributed by atoms with Gasteiger partial charge in [-0.2, -0.15) is 9.90 Å². The molecular weight excluding hydrogens is 148 g/mol. The molecule has 2 amide bonds. The Morgan fingerprint density at radius 2 is 2.18 bits per heavy atom. The summed E-state index contributed by atoms with van der Waals surface area (Å²) in [6.45, 7) is 1.21. The molecule has 0 aromatic heterocycles. The number of carbonyl (C=O) groups is 1. The second kappa shape index (κ2) is 2.77. The summed E-state index contributed by atoms with van der Waals surface area (Å²) < 4.78 is -0.0339. The molecule has 0 aliphatic carbocycles. The van der Waals surface area contributed by atoms with Gasteiger partial charge in [-0.15, -0.1) is 0 Å². The van der Waals surface area contributed by atoms with Gasteiger partial charge in [0.2, 0.25) is 0 Å². The molecule has 1 heterocycles. The van der Waals surface area contributed by atoms with Crippen LogP contribution in [-0.2, 0) is 9.68 Å². The molecule has 0 saturated carbocycles. The van der Waals surface area contributed by atoms with Crippen molar-refractivity contribution in [1.82, 2.24) is 5.06 Å². The van der Waals surface area contributed by atoms with Crippen molar-refractivity contribution < 1.29 is 19.1 Å². The number of carbonyl (C=O) groups excluding carboxylic acids is 1. The van der Waals surface area contributed by atoms with Crippen LogP contribution in [0.2, 0.25) is 0 Å². The summed E-state index contributed by atoms with van der Waals surface area (Å²) in [6, 6.07) is -0.157. The first-order chi connectivity index (χ1) is 5.14. The molecule has 0 spiro atoms. The minimum atomic E-state index is -0.157. The van der Waals surface area contributed by atoms with Gasteiger partial charge in [0.05, 0.1) is 14.2 Å². The Balaban J connectivity index is 2.69. The molecule has 1 saturated heterocycles. The van der Waals surface area contributed by atoms with Gasteiger partial charge in [-0.05, 0) is 0 Å². The summed E-state index contributed by atoms with van der Waals surface area (Å²) in [6.07, 6.45) is 0. The van der Waals surface area contributed by atoms with Crippen LogP contribution in [0, 0.1) is 0 Å². The van der Waals surface area contributed by atoms with Gasteiger partial charge in [-0.25, -0.2) is 4.79 Å². The van der Waals surface area contributed by atoms with Gasteiger partial charge in [-0.3, -0.25) is 4.84 Å². The largest absolute Gasteiger partial charge is 0.475 e. The Hall–Kier alpha value is -0.650. The van der Waals surface area contributed by atoms with E-state index in [1.165, 1.54) is 19.3 Å². The SMILES string of the molecule is CON1CC[N+](C)(OC)C1=O. The Kier molecular flexibility index (Phi) is 2.12. The van der Waals surface area contributed by atoms with Crippen LogP contribution in [0.25, 0.3) is 0 Å². The first-order valence-corrected chi connectivity index (χ1v) is 3.41. The lowest BCUT2D eigenvalue weighted by Gasteiger charge is -2.19. The molecule has 5 nitrogen and oxygen atoms in total. The lowest BCUT2D eigenvalue weighted by molar-refractivity contribution is -1.02. The third-order valence-corrected chi connectivity index (χ3v) is 1.97. The van der Waals surface area contributed by atoms with E-state index in [1.807, 2.05) is 0 Å².